The highest BCUT2D eigenvalue weighted by atomic mass is 15.0. The van der Waals surface area contributed by atoms with E-state index in [1.807, 2.05) is 18.2 Å². The van der Waals surface area contributed by atoms with Crippen molar-refractivity contribution in [3.63, 3.8) is 0 Å². The molecule has 0 aromatic heterocycles. The maximum absolute atomic E-state index is 8.96. The highest BCUT2D eigenvalue weighted by Gasteiger charge is 2.26. The van der Waals surface area contributed by atoms with Crippen molar-refractivity contribution >= 4 is 11.3 Å². The molecule has 1 N–H and O–H groups in total. The van der Waals surface area contributed by atoms with E-state index in [1.165, 1.54) is 11.1 Å². The molecule has 17 heavy (non-hydrogen) atoms. The second-order valence-corrected chi connectivity index (χ2v) is 4.79. The monoisotopic (exact) mass is 226 g/mol. The maximum Gasteiger partial charge on any atom is 0.0991 e. The third kappa shape index (κ3) is 2.06. The first-order valence-corrected chi connectivity index (χ1v) is 6.16. The second kappa shape index (κ2) is 4.25. The van der Waals surface area contributed by atoms with Gasteiger partial charge in [0, 0.05) is 11.3 Å². The Bertz CT molecular complexity index is 508. The Labute approximate surface area is 103 Å². The van der Waals surface area contributed by atoms with Crippen LogP contribution in [0, 0.1) is 11.3 Å². The summed E-state index contributed by atoms with van der Waals surface area (Å²) in [5, 5.41) is 12.5. The fourth-order valence-electron chi connectivity index (χ4n) is 2.28. The van der Waals surface area contributed by atoms with E-state index in [4.69, 9.17) is 5.26 Å². The molecule has 0 fully saturated rings. The molecule has 1 aliphatic rings. The number of benzene rings is 1. The Balaban J connectivity index is 2.54. The van der Waals surface area contributed by atoms with Crippen LogP contribution in [0.2, 0.25) is 0 Å². The normalized spacial score (nSPS) is 22.1. The molecule has 1 unspecified atom stereocenters. The van der Waals surface area contributed by atoms with Gasteiger partial charge in [0.15, 0.2) is 0 Å². The van der Waals surface area contributed by atoms with Crippen LogP contribution in [0.1, 0.15) is 44.7 Å². The average Bonchev–Trinajstić information content (AvgIpc) is 2.37. The molecule has 0 amide bonds. The van der Waals surface area contributed by atoms with Gasteiger partial charge in [-0.25, -0.2) is 0 Å². The van der Waals surface area contributed by atoms with Crippen LogP contribution in [0.3, 0.4) is 0 Å². The highest BCUT2D eigenvalue weighted by molar-refractivity contribution is 5.81. The quantitative estimate of drug-likeness (QED) is 0.829. The number of hydrogen-bond donors (Lipinski definition) is 1. The van der Waals surface area contributed by atoms with Gasteiger partial charge in [0.25, 0.3) is 0 Å². The molecule has 2 heteroatoms. The van der Waals surface area contributed by atoms with E-state index >= 15 is 0 Å². The van der Waals surface area contributed by atoms with Crippen LogP contribution in [-0.4, -0.2) is 5.54 Å². The predicted molar refractivity (Wildman–Crippen MR) is 71.7 cm³/mol. The van der Waals surface area contributed by atoms with Crippen LogP contribution in [0.25, 0.3) is 5.57 Å². The van der Waals surface area contributed by atoms with E-state index in [1.54, 1.807) is 0 Å². The zero-order valence-corrected chi connectivity index (χ0v) is 10.7. The van der Waals surface area contributed by atoms with Gasteiger partial charge in [-0.2, -0.15) is 5.26 Å². The lowest BCUT2D eigenvalue weighted by Crippen LogP contribution is -2.34. The molecule has 0 radical (unpaired) electrons. The van der Waals surface area contributed by atoms with E-state index in [0.717, 1.165) is 24.1 Å². The summed E-state index contributed by atoms with van der Waals surface area (Å²) in [6.45, 7) is 6.56. The van der Waals surface area contributed by atoms with Gasteiger partial charge in [0.1, 0.15) is 0 Å². The number of fused-ring (bicyclic) bond motifs is 1. The Morgan fingerprint density at radius 2 is 2.12 bits per heavy atom. The summed E-state index contributed by atoms with van der Waals surface area (Å²) in [5.74, 6) is 0. The van der Waals surface area contributed by atoms with Gasteiger partial charge < -0.3 is 5.32 Å². The van der Waals surface area contributed by atoms with Crippen LogP contribution >= 0.6 is 0 Å². The molecule has 2 rings (SSSR count). The van der Waals surface area contributed by atoms with E-state index < -0.39 is 0 Å². The van der Waals surface area contributed by atoms with Gasteiger partial charge in [0.05, 0.1) is 17.2 Å². The molecule has 0 aliphatic carbocycles. The third-order valence-electron chi connectivity index (χ3n) is 3.52. The van der Waals surface area contributed by atoms with Crippen LogP contribution in [0.4, 0.5) is 5.69 Å². The number of hydrogen-bond acceptors (Lipinski definition) is 2. The molecule has 88 valence electrons. The molecule has 0 spiro atoms. The number of nitrogens with zero attached hydrogens (tertiary/aromatic N) is 1. The lowest BCUT2D eigenvalue weighted by molar-refractivity contribution is 0.607. The first-order valence-electron chi connectivity index (χ1n) is 6.16. The number of rotatable bonds is 2. The van der Waals surface area contributed by atoms with Crippen molar-refractivity contribution in [2.45, 2.75) is 39.2 Å². The van der Waals surface area contributed by atoms with E-state index in [9.17, 15) is 0 Å². The number of anilines is 1. The third-order valence-corrected chi connectivity index (χ3v) is 3.52. The molecule has 0 bridgehead atoms. The fraction of sp³-hybridized carbons (Fsp3) is 0.400. The zero-order valence-electron chi connectivity index (χ0n) is 10.7. The Kier molecular flexibility index (Phi) is 2.93. The average molecular weight is 226 g/mol. The minimum atomic E-state index is 0.0342. The summed E-state index contributed by atoms with van der Waals surface area (Å²) in [6.07, 6.45) is 4.35. The summed E-state index contributed by atoms with van der Waals surface area (Å²) >= 11 is 0. The van der Waals surface area contributed by atoms with Crippen LogP contribution in [-0.2, 0) is 0 Å². The molecule has 1 aliphatic heterocycles. The smallest absolute Gasteiger partial charge is 0.0991 e. The fourth-order valence-corrected chi connectivity index (χ4v) is 2.28. The van der Waals surface area contributed by atoms with Crippen molar-refractivity contribution in [2.24, 2.45) is 0 Å². The van der Waals surface area contributed by atoms with Crippen LogP contribution in [0.5, 0.6) is 0 Å². The molecule has 0 saturated carbocycles. The first-order chi connectivity index (χ1) is 8.11. The van der Waals surface area contributed by atoms with Crippen molar-refractivity contribution in [2.75, 3.05) is 5.32 Å². The summed E-state index contributed by atoms with van der Waals surface area (Å²) < 4.78 is 0. The summed E-state index contributed by atoms with van der Waals surface area (Å²) in [5.41, 5.74) is 4.42. The van der Waals surface area contributed by atoms with E-state index in [0.29, 0.717) is 0 Å². The molecule has 2 nitrogen and oxygen atoms in total. The number of allylic oxidation sites excluding steroid dienone is 1. The van der Waals surface area contributed by atoms with Gasteiger partial charge in [-0.3, -0.25) is 0 Å². The standard InChI is InChI=1S/C15H18N2/c1-4-12-9-15(3,5-2)17-14-7-6-11(10-16)8-13(12)14/h6-9,17H,4-5H2,1-3H3. The maximum atomic E-state index is 8.96. The van der Waals surface area contributed by atoms with Crippen molar-refractivity contribution in [3.05, 3.63) is 35.4 Å². The van der Waals surface area contributed by atoms with Crippen LogP contribution < -0.4 is 5.32 Å². The molecule has 1 atom stereocenters. The topological polar surface area (TPSA) is 35.8 Å². The van der Waals surface area contributed by atoms with Gasteiger partial charge in [-0.05, 0) is 43.5 Å². The van der Waals surface area contributed by atoms with Crippen molar-refractivity contribution in [1.82, 2.24) is 0 Å². The molecule has 1 aromatic carbocycles. The minimum absolute atomic E-state index is 0.0342. The van der Waals surface area contributed by atoms with Crippen molar-refractivity contribution in [1.29, 1.82) is 5.26 Å². The van der Waals surface area contributed by atoms with Gasteiger partial charge in [-0.15, -0.1) is 0 Å². The lowest BCUT2D eigenvalue weighted by atomic mass is 9.86. The predicted octanol–water partition coefficient (Wildman–Crippen LogP) is 3.95. The SMILES string of the molecule is CCC1=CC(C)(CC)Nc2ccc(C#N)cc21. The van der Waals surface area contributed by atoms with Gasteiger partial charge >= 0.3 is 0 Å². The Morgan fingerprint density at radius 3 is 2.71 bits per heavy atom. The highest BCUT2D eigenvalue weighted by Crippen LogP contribution is 2.37. The van der Waals surface area contributed by atoms with Crippen molar-refractivity contribution in [3.8, 4) is 6.07 Å². The number of nitriles is 1. The first kappa shape index (κ1) is 11.7. The van der Waals surface area contributed by atoms with Gasteiger partial charge in [0.2, 0.25) is 0 Å². The van der Waals surface area contributed by atoms with Crippen molar-refractivity contribution < 1.29 is 0 Å². The van der Waals surface area contributed by atoms with E-state index in [2.05, 4.69) is 38.2 Å². The van der Waals surface area contributed by atoms with Crippen LogP contribution in [0.15, 0.2) is 24.3 Å². The van der Waals surface area contributed by atoms with E-state index in [-0.39, 0.29) is 5.54 Å². The molecular weight excluding hydrogens is 208 g/mol. The summed E-state index contributed by atoms with van der Waals surface area (Å²) in [4.78, 5) is 0. The lowest BCUT2D eigenvalue weighted by Gasteiger charge is -2.34. The molecule has 0 saturated heterocycles. The molecule has 1 heterocycles. The Hall–Kier alpha value is -1.75. The van der Waals surface area contributed by atoms with Gasteiger partial charge in [-0.1, -0.05) is 19.9 Å². The molecule has 1 aromatic rings. The minimum Gasteiger partial charge on any atom is -0.376 e. The second-order valence-electron chi connectivity index (χ2n) is 4.79. The zero-order chi connectivity index (χ0) is 12.5. The molecular formula is C15H18N2. The Morgan fingerprint density at radius 1 is 1.35 bits per heavy atom. The summed E-state index contributed by atoms with van der Waals surface area (Å²) in [6, 6.07) is 8.07. The largest absolute Gasteiger partial charge is 0.376 e. The number of nitrogens with one attached hydrogen (secondary N) is 1. The summed E-state index contributed by atoms with van der Waals surface area (Å²) in [7, 11) is 0.